The van der Waals surface area contributed by atoms with Crippen molar-refractivity contribution in [3.8, 4) is 0 Å². The third-order valence-electron chi connectivity index (χ3n) is 4.02. The van der Waals surface area contributed by atoms with Crippen LogP contribution in [0.25, 0.3) is 0 Å². The number of hydrogen-bond acceptors (Lipinski definition) is 3. The van der Waals surface area contributed by atoms with Gasteiger partial charge in [-0.3, -0.25) is 9.59 Å². The summed E-state index contributed by atoms with van der Waals surface area (Å²) in [5.74, 6) is -2.07. The second-order valence-corrected chi connectivity index (χ2v) is 6.84. The Kier molecular flexibility index (Phi) is 6.90. The first-order chi connectivity index (χ1) is 12.3. The Morgan fingerprint density at radius 2 is 2.08 bits per heavy atom. The van der Waals surface area contributed by atoms with Gasteiger partial charge in [0.15, 0.2) is 0 Å². The van der Waals surface area contributed by atoms with Crippen molar-refractivity contribution in [2.24, 2.45) is 5.92 Å². The van der Waals surface area contributed by atoms with Crippen molar-refractivity contribution in [1.82, 2.24) is 10.2 Å². The molecule has 1 fully saturated rings. The van der Waals surface area contributed by atoms with Crippen molar-refractivity contribution in [1.29, 1.82) is 0 Å². The van der Waals surface area contributed by atoms with E-state index in [9.17, 15) is 23.2 Å². The molecule has 1 saturated heterocycles. The number of likely N-dealkylation sites (tertiary alicyclic amines) is 1. The Labute approximate surface area is 156 Å². The van der Waals surface area contributed by atoms with Gasteiger partial charge in [-0.1, -0.05) is 15.9 Å². The third kappa shape index (κ3) is 5.38. The fourth-order valence-electron chi connectivity index (χ4n) is 2.74. The predicted octanol–water partition coefficient (Wildman–Crippen LogP) is 2.77. The highest BCUT2D eigenvalue weighted by Gasteiger charge is 2.24. The van der Waals surface area contributed by atoms with Crippen molar-refractivity contribution in [3.05, 3.63) is 28.2 Å². The Bertz CT molecular complexity index is 702. The summed E-state index contributed by atoms with van der Waals surface area (Å²) in [6, 6.07) is 4.29. The molecule has 0 unspecified atom stereocenters. The Balaban J connectivity index is 2.03. The lowest BCUT2D eigenvalue weighted by Crippen LogP contribution is -2.43. The number of benzene rings is 1. The van der Waals surface area contributed by atoms with Crippen LogP contribution in [0.1, 0.15) is 23.2 Å². The molecule has 3 amide bonds. The summed E-state index contributed by atoms with van der Waals surface area (Å²) in [6.07, 6.45) is -2.71. The molecule has 1 heterocycles. The lowest BCUT2D eigenvalue weighted by Gasteiger charge is -2.30. The van der Waals surface area contributed by atoms with E-state index in [0.29, 0.717) is 24.0 Å². The summed E-state index contributed by atoms with van der Waals surface area (Å²) in [5.41, 5.74) is 0.0195. The maximum Gasteiger partial charge on any atom is 0.407 e. The number of carboxylic acid groups (broad SMARTS) is 1. The Morgan fingerprint density at radius 1 is 1.35 bits per heavy atom. The molecular formula is C16H18BrF2N3O4. The zero-order chi connectivity index (χ0) is 19.3. The number of carbonyl (C=O) groups is 3. The Hall–Kier alpha value is -2.23. The first-order valence-electron chi connectivity index (χ1n) is 7.92. The predicted molar refractivity (Wildman–Crippen MR) is 93.4 cm³/mol. The molecule has 1 aliphatic rings. The van der Waals surface area contributed by atoms with Crippen LogP contribution in [0.2, 0.25) is 0 Å². The minimum atomic E-state index is -3.20. The van der Waals surface area contributed by atoms with Crippen LogP contribution in [0.5, 0.6) is 0 Å². The van der Waals surface area contributed by atoms with Gasteiger partial charge in [0, 0.05) is 24.1 Å². The van der Waals surface area contributed by atoms with Gasteiger partial charge >= 0.3 is 12.5 Å². The van der Waals surface area contributed by atoms with E-state index in [1.165, 1.54) is 23.1 Å². The van der Waals surface area contributed by atoms with E-state index < -0.39 is 24.3 Å². The number of carbonyl (C=O) groups excluding carboxylic acids is 2. The topological polar surface area (TPSA) is 98.7 Å². The van der Waals surface area contributed by atoms with Crippen LogP contribution in [0.4, 0.5) is 19.3 Å². The van der Waals surface area contributed by atoms with Crippen molar-refractivity contribution in [2.75, 3.05) is 25.0 Å². The molecule has 1 atom stereocenters. The maximum atomic E-state index is 12.4. The molecule has 3 N–H and O–H groups in total. The smallest absolute Gasteiger partial charge is 0.407 e. The summed E-state index contributed by atoms with van der Waals surface area (Å²) in [5, 5.41) is 13.7. The monoisotopic (exact) mass is 433 g/mol. The normalized spacial score (nSPS) is 17.1. The van der Waals surface area contributed by atoms with E-state index >= 15 is 0 Å². The molecule has 1 aliphatic heterocycles. The largest absolute Gasteiger partial charge is 0.465 e. The number of alkyl halides is 2. The third-order valence-corrected chi connectivity index (χ3v) is 4.52. The van der Waals surface area contributed by atoms with Crippen LogP contribution in [-0.4, -0.2) is 54.0 Å². The second-order valence-electron chi connectivity index (χ2n) is 5.93. The molecule has 0 aromatic heterocycles. The van der Waals surface area contributed by atoms with Gasteiger partial charge in [0.1, 0.15) is 0 Å². The second kappa shape index (κ2) is 8.93. The molecule has 0 bridgehead atoms. The van der Waals surface area contributed by atoms with Gasteiger partial charge in [-0.25, -0.2) is 4.79 Å². The van der Waals surface area contributed by atoms with E-state index in [2.05, 4.69) is 21.2 Å². The molecule has 10 heteroatoms. The molecule has 0 saturated carbocycles. The molecule has 0 aliphatic carbocycles. The van der Waals surface area contributed by atoms with E-state index in [-0.39, 0.29) is 23.7 Å². The average molecular weight is 434 g/mol. The summed E-state index contributed by atoms with van der Waals surface area (Å²) in [4.78, 5) is 36.0. The molecule has 26 heavy (non-hydrogen) atoms. The van der Waals surface area contributed by atoms with Gasteiger partial charge in [0.2, 0.25) is 0 Å². The Morgan fingerprint density at radius 3 is 2.73 bits per heavy atom. The first-order valence-corrected chi connectivity index (χ1v) is 8.72. The van der Waals surface area contributed by atoms with Crippen LogP contribution in [-0.2, 0) is 4.79 Å². The van der Waals surface area contributed by atoms with E-state index in [0.717, 1.165) is 6.42 Å². The fraction of sp³-hybridized carbons (Fsp3) is 0.438. The number of amides is 3. The minimum Gasteiger partial charge on any atom is -0.465 e. The fourth-order valence-corrected chi connectivity index (χ4v) is 3.10. The summed E-state index contributed by atoms with van der Waals surface area (Å²) in [6.45, 7) is 1.04. The highest BCUT2D eigenvalue weighted by molar-refractivity contribution is 9.10. The standard InChI is InChI=1S/C16H18BrF2N3O4/c17-10-3-4-12(21-15(24)13(18)19)11(6-10)14(23)20-7-9-2-1-5-22(8-9)16(25)26/h3-4,6,9,13H,1-2,5,7-8H2,(H,20,23)(H,21,24)(H,25,26)/t9-/m1/s1. The van der Waals surface area contributed by atoms with Crippen molar-refractivity contribution in [3.63, 3.8) is 0 Å². The molecule has 142 valence electrons. The number of nitrogens with one attached hydrogen (secondary N) is 2. The zero-order valence-corrected chi connectivity index (χ0v) is 15.3. The van der Waals surface area contributed by atoms with Crippen LogP contribution in [0, 0.1) is 5.92 Å². The maximum absolute atomic E-state index is 12.4. The zero-order valence-electron chi connectivity index (χ0n) is 13.7. The van der Waals surface area contributed by atoms with Gasteiger partial charge in [0.05, 0.1) is 11.3 Å². The van der Waals surface area contributed by atoms with E-state index in [1.54, 1.807) is 0 Å². The molecular weight excluding hydrogens is 416 g/mol. The molecule has 2 rings (SSSR count). The van der Waals surface area contributed by atoms with Crippen molar-refractivity contribution < 1.29 is 28.3 Å². The highest BCUT2D eigenvalue weighted by atomic mass is 79.9. The average Bonchev–Trinajstić information content (AvgIpc) is 2.61. The quantitative estimate of drug-likeness (QED) is 0.664. The van der Waals surface area contributed by atoms with Gasteiger partial charge in [0.25, 0.3) is 11.8 Å². The summed E-state index contributed by atoms with van der Waals surface area (Å²) < 4.78 is 25.4. The van der Waals surface area contributed by atoms with E-state index in [1.807, 2.05) is 5.32 Å². The summed E-state index contributed by atoms with van der Waals surface area (Å²) >= 11 is 3.20. The lowest BCUT2D eigenvalue weighted by atomic mass is 9.98. The van der Waals surface area contributed by atoms with E-state index in [4.69, 9.17) is 5.11 Å². The number of piperidine rings is 1. The highest BCUT2D eigenvalue weighted by Crippen LogP contribution is 2.22. The van der Waals surface area contributed by atoms with Gasteiger partial charge < -0.3 is 20.6 Å². The molecule has 1 aromatic carbocycles. The molecule has 7 nitrogen and oxygen atoms in total. The van der Waals surface area contributed by atoms with Crippen molar-refractivity contribution in [2.45, 2.75) is 19.3 Å². The van der Waals surface area contributed by atoms with Gasteiger partial charge in [-0.05, 0) is 37.0 Å². The number of halogens is 3. The first kappa shape index (κ1) is 20.1. The number of nitrogens with zero attached hydrogens (tertiary/aromatic N) is 1. The molecule has 0 spiro atoms. The van der Waals surface area contributed by atoms with Gasteiger partial charge in [-0.15, -0.1) is 0 Å². The number of hydrogen-bond donors (Lipinski definition) is 3. The van der Waals surface area contributed by atoms with Crippen LogP contribution >= 0.6 is 15.9 Å². The van der Waals surface area contributed by atoms with Crippen molar-refractivity contribution >= 4 is 39.5 Å². The van der Waals surface area contributed by atoms with Gasteiger partial charge in [-0.2, -0.15) is 8.78 Å². The molecule has 0 radical (unpaired) electrons. The minimum absolute atomic E-state index is 0.0215. The molecule has 1 aromatic rings. The van der Waals surface area contributed by atoms with Crippen LogP contribution in [0.3, 0.4) is 0 Å². The van der Waals surface area contributed by atoms with Crippen LogP contribution < -0.4 is 10.6 Å². The number of anilines is 1. The SMILES string of the molecule is O=C(NC[C@H]1CCCN(C(=O)O)C1)c1cc(Br)ccc1NC(=O)C(F)F. The van der Waals surface area contributed by atoms with Crippen LogP contribution in [0.15, 0.2) is 22.7 Å². The number of rotatable bonds is 5. The lowest BCUT2D eigenvalue weighted by molar-refractivity contribution is -0.126. The summed E-state index contributed by atoms with van der Waals surface area (Å²) in [7, 11) is 0.